The number of alkyl halides is 1. The molecule has 4 rings (SSSR count). The topological polar surface area (TPSA) is 110 Å². The van der Waals surface area contributed by atoms with Gasteiger partial charge in [-0.1, -0.05) is 6.07 Å². The fourth-order valence-corrected chi connectivity index (χ4v) is 3.60. The number of nitrogens with one attached hydrogen (secondary N) is 1. The Kier molecular flexibility index (Phi) is 5.02. The fraction of sp³-hybridized carbons (Fsp3) is 0.286. The van der Waals surface area contributed by atoms with Gasteiger partial charge in [0.25, 0.3) is 5.91 Å². The number of rotatable bonds is 3. The summed E-state index contributed by atoms with van der Waals surface area (Å²) in [5.74, 6) is -0.469. The number of nitrogens with zero attached hydrogens (tertiary/aromatic N) is 3. The number of anilines is 2. The van der Waals surface area contributed by atoms with Crippen molar-refractivity contribution in [2.24, 2.45) is 0 Å². The van der Waals surface area contributed by atoms with Crippen LogP contribution in [0.5, 0.6) is 0 Å². The molecule has 2 atom stereocenters. The number of piperidine rings is 1. The molecule has 1 amide bonds. The lowest BCUT2D eigenvalue weighted by Gasteiger charge is -2.32. The van der Waals surface area contributed by atoms with Gasteiger partial charge >= 0.3 is 0 Å². The van der Waals surface area contributed by atoms with Gasteiger partial charge < -0.3 is 21.7 Å². The fourth-order valence-electron chi connectivity index (χ4n) is 3.60. The number of carbonyl (C=O) groups excluding carboxylic acids is 1. The Balaban J connectivity index is 1.62. The van der Waals surface area contributed by atoms with Crippen molar-refractivity contribution in [3.05, 3.63) is 48.3 Å². The predicted octanol–water partition coefficient (Wildman–Crippen LogP) is 2.23. The lowest BCUT2D eigenvalue weighted by atomic mass is 10.0. The Morgan fingerprint density at radius 1 is 1.21 bits per heavy atom. The van der Waals surface area contributed by atoms with Crippen molar-refractivity contribution in [1.29, 1.82) is 0 Å². The molecule has 0 aliphatic carbocycles. The van der Waals surface area contributed by atoms with Crippen molar-refractivity contribution in [2.45, 2.75) is 18.6 Å². The SMILES string of the molecule is CN1CCC(NC(=O)c2nc(-c3ccc4nccc(N)c4c3)ccc2N)C(F)C1. The number of likely N-dealkylation sites (tertiary alicyclic amines) is 1. The molecular formula is C21H23FN6O. The van der Waals surface area contributed by atoms with E-state index >= 15 is 0 Å². The van der Waals surface area contributed by atoms with Crippen molar-refractivity contribution >= 4 is 28.2 Å². The lowest BCUT2D eigenvalue weighted by molar-refractivity contribution is 0.0818. The van der Waals surface area contributed by atoms with Crippen molar-refractivity contribution in [1.82, 2.24) is 20.2 Å². The molecule has 7 nitrogen and oxygen atoms in total. The summed E-state index contributed by atoms with van der Waals surface area (Å²) < 4.78 is 14.3. The van der Waals surface area contributed by atoms with E-state index in [0.717, 1.165) is 23.0 Å². The van der Waals surface area contributed by atoms with Crippen LogP contribution < -0.4 is 16.8 Å². The Labute approximate surface area is 167 Å². The summed E-state index contributed by atoms with van der Waals surface area (Å²) >= 11 is 0. The number of halogens is 1. The van der Waals surface area contributed by atoms with Crippen LogP contribution in [0, 0.1) is 0 Å². The molecule has 3 heterocycles. The monoisotopic (exact) mass is 394 g/mol. The predicted molar refractivity (Wildman–Crippen MR) is 112 cm³/mol. The zero-order chi connectivity index (χ0) is 20.5. The zero-order valence-electron chi connectivity index (χ0n) is 16.1. The third kappa shape index (κ3) is 3.84. The van der Waals surface area contributed by atoms with Gasteiger partial charge in [-0.25, -0.2) is 9.37 Å². The minimum absolute atomic E-state index is 0.0906. The van der Waals surface area contributed by atoms with E-state index < -0.39 is 18.1 Å². The highest BCUT2D eigenvalue weighted by atomic mass is 19.1. The van der Waals surface area contributed by atoms with Gasteiger partial charge in [0, 0.05) is 35.9 Å². The number of hydrogen-bond donors (Lipinski definition) is 3. The second kappa shape index (κ2) is 7.63. The summed E-state index contributed by atoms with van der Waals surface area (Å²) in [6, 6.07) is 10.2. The van der Waals surface area contributed by atoms with E-state index in [0.29, 0.717) is 24.3 Å². The molecule has 0 spiro atoms. The second-order valence-electron chi connectivity index (χ2n) is 7.41. The van der Waals surface area contributed by atoms with Crippen LogP contribution in [-0.2, 0) is 0 Å². The highest BCUT2D eigenvalue weighted by Crippen LogP contribution is 2.27. The van der Waals surface area contributed by atoms with Crippen LogP contribution >= 0.6 is 0 Å². The molecule has 0 bridgehead atoms. The van der Waals surface area contributed by atoms with Gasteiger partial charge in [0.15, 0.2) is 5.69 Å². The molecule has 150 valence electrons. The smallest absolute Gasteiger partial charge is 0.272 e. The molecule has 29 heavy (non-hydrogen) atoms. The molecule has 5 N–H and O–H groups in total. The Morgan fingerprint density at radius 3 is 2.83 bits per heavy atom. The number of aromatic nitrogens is 2. The van der Waals surface area contributed by atoms with Gasteiger partial charge in [-0.15, -0.1) is 0 Å². The molecular weight excluding hydrogens is 371 g/mol. The highest BCUT2D eigenvalue weighted by Gasteiger charge is 2.29. The third-order valence-corrected chi connectivity index (χ3v) is 5.27. The van der Waals surface area contributed by atoms with Crippen LogP contribution in [0.3, 0.4) is 0 Å². The maximum Gasteiger partial charge on any atom is 0.272 e. The van der Waals surface area contributed by atoms with Crippen molar-refractivity contribution in [3.8, 4) is 11.3 Å². The minimum atomic E-state index is -1.13. The van der Waals surface area contributed by atoms with E-state index in [1.807, 2.05) is 30.1 Å². The molecule has 1 aromatic carbocycles. The molecule has 1 aliphatic heterocycles. The number of fused-ring (bicyclic) bond motifs is 1. The second-order valence-corrected chi connectivity index (χ2v) is 7.41. The van der Waals surface area contributed by atoms with E-state index in [9.17, 15) is 9.18 Å². The quantitative estimate of drug-likeness (QED) is 0.628. The van der Waals surface area contributed by atoms with Crippen LogP contribution in [0.1, 0.15) is 16.9 Å². The molecule has 1 fully saturated rings. The number of nitrogens with two attached hydrogens (primary N) is 2. The first kappa shape index (κ1) is 19.1. The summed E-state index contributed by atoms with van der Waals surface area (Å²) in [6.07, 6.45) is 1.07. The number of carbonyl (C=O) groups is 1. The lowest BCUT2D eigenvalue weighted by Crippen LogP contribution is -2.51. The molecule has 1 aliphatic rings. The highest BCUT2D eigenvalue weighted by molar-refractivity contribution is 5.98. The van der Waals surface area contributed by atoms with E-state index in [1.165, 1.54) is 0 Å². The van der Waals surface area contributed by atoms with Crippen LogP contribution in [0.4, 0.5) is 15.8 Å². The Hall–Kier alpha value is -3.26. The van der Waals surface area contributed by atoms with E-state index in [2.05, 4.69) is 15.3 Å². The van der Waals surface area contributed by atoms with Gasteiger partial charge in [0.05, 0.1) is 22.9 Å². The first-order valence-electron chi connectivity index (χ1n) is 9.47. The largest absolute Gasteiger partial charge is 0.398 e. The summed E-state index contributed by atoms with van der Waals surface area (Å²) in [5.41, 5.74) is 15.1. The Morgan fingerprint density at radius 2 is 2.03 bits per heavy atom. The maximum absolute atomic E-state index is 14.3. The van der Waals surface area contributed by atoms with Crippen LogP contribution in [0.2, 0.25) is 0 Å². The van der Waals surface area contributed by atoms with Crippen molar-refractivity contribution < 1.29 is 9.18 Å². The zero-order valence-corrected chi connectivity index (χ0v) is 16.1. The first-order valence-corrected chi connectivity index (χ1v) is 9.47. The molecule has 2 aromatic heterocycles. The van der Waals surface area contributed by atoms with Gasteiger partial charge in [0.2, 0.25) is 0 Å². The van der Waals surface area contributed by atoms with E-state index in [-0.39, 0.29) is 11.4 Å². The molecule has 8 heteroatoms. The third-order valence-electron chi connectivity index (χ3n) is 5.27. The van der Waals surface area contributed by atoms with Crippen LogP contribution in [0.25, 0.3) is 22.2 Å². The standard InChI is InChI=1S/C21H23FN6O/c1-28-9-7-19(14(22)11-28)27-21(29)20-16(24)3-5-17(26-20)12-2-4-18-13(10-12)15(23)6-8-25-18/h2-6,8,10,14,19H,7,9,11,24H2,1H3,(H2,23,25)(H,27,29). The molecule has 3 aromatic rings. The number of pyridine rings is 2. The van der Waals surface area contributed by atoms with E-state index in [4.69, 9.17) is 11.5 Å². The van der Waals surface area contributed by atoms with Gasteiger partial charge in [-0.05, 0) is 43.8 Å². The summed E-state index contributed by atoms with van der Waals surface area (Å²) in [5, 5.41) is 3.56. The average Bonchev–Trinajstić information content (AvgIpc) is 2.70. The van der Waals surface area contributed by atoms with Crippen LogP contribution in [0.15, 0.2) is 42.6 Å². The summed E-state index contributed by atoms with van der Waals surface area (Å²) in [4.78, 5) is 23.4. The van der Waals surface area contributed by atoms with Gasteiger partial charge in [-0.3, -0.25) is 9.78 Å². The Bertz CT molecular complexity index is 1070. The van der Waals surface area contributed by atoms with Crippen LogP contribution in [-0.4, -0.2) is 53.1 Å². The average molecular weight is 394 g/mol. The minimum Gasteiger partial charge on any atom is -0.398 e. The maximum atomic E-state index is 14.3. The number of nitrogen functional groups attached to an aromatic ring is 2. The summed E-state index contributed by atoms with van der Waals surface area (Å²) in [7, 11) is 1.86. The molecule has 0 saturated carbocycles. The molecule has 2 unspecified atom stereocenters. The van der Waals surface area contributed by atoms with Gasteiger partial charge in [0.1, 0.15) is 6.17 Å². The van der Waals surface area contributed by atoms with Crippen molar-refractivity contribution in [3.63, 3.8) is 0 Å². The number of hydrogen-bond acceptors (Lipinski definition) is 6. The van der Waals surface area contributed by atoms with E-state index in [1.54, 1.807) is 24.4 Å². The number of amides is 1. The molecule has 0 radical (unpaired) electrons. The summed E-state index contributed by atoms with van der Waals surface area (Å²) in [6.45, 7) is 1.02. The van der Waals surface area contributed by atoms with Gasteiger partial charge in [-0.2, -0.15) is 0 Å². The number of benzene rings is 1. The normalized spacial score (nSPS) is 19.9. The van der Waals surface area contributed by atoms with Crippen molar-refractivity contribution in [2.75, 3.05) is 31.6 Å². The molecule has 1 saturated heterocycles. The first-order chi connectivity index (χ1) is 13.9.